The Morgan fingerprint density at radius 2 is 2.09 bits per heavy atom. The maximum atomic E-state index is 12.6. The van der Waals surface area contributed by atoms with Gasteiger partial charge < -0.3 is 4.90 Å². The van der Waals surface area contributed by atoms with Crippen molar-refractivity contribution in [2.75, 3.05) is 0 Å². The molecule has 0 bridgehead atoms. The average Bonchev–Trinajstić information content (AvgIpc) is 3.06. The normalized spacial score (nSPS) is 12.1. The standard InChI is InChI=1S/C18H24N2OS/c1-3-15(2)20(14-16-9-11-19-12-10-16)18(21)8-4-6-17-7-5-13-22-17/h5,7,9-13,15H,3-4,6,8,14H2,1-2H3. The van der Waals surface area contributed by atoms with Crippen LogP contribution in [0.5, 0.6) is 0 Å². The summed E-state index contributed by atoms with van der Waals surface area (Å²) in [6, 6.07) is 8.43. The molecule has 4 heteroatoms. The number of carbonyl (C=O) groups excluding carboxylic acids is 1. The number of carbonyl (C=O) groups is 1. The van der Waals surface area contributed by atoms with Crippen molar-refractivity contribution in [3.8, 4) is 0 Å². The van der Waals surface area contributed by atoms with Crippen LogP contribution >= 0.6 is 11.3 Å². The van der Waals surface area contributed by atoms with Gasteiger partial charge in [0.25, 0.3) is 0 Å². The molecule has 0 spiro atoms. The Morgan fingerprint density at radius 3 is 2.73 bits per heavy atom. The molecule has 0 fully saturated rings. The summed E-state index contributed by atoms with van der Waals surface area (Å²) in [5.74, 6) is 0.253. The molecule has 1 unspecified atom stereocenters. The number of hydrogen-bond acceptors (Lipinski definition) is 3. The fourth-order valence-corrected chi connectivity index (χ4v) is 3.16. The molecule has 2 rings (SSSR count). The van der Waals surface area contributed by atoms with Gasteiger partial charge in [0, 0.05) is 36.3 Å². The second kappa shape index (κ2) is 8.69. The first-order valence-corrected chi connectivity index (χ1v) is 8.79. The molecule has 0 aromatic carbocycles. The smallest absolute Gasteiger partial charge is 0.223 e. The minimum Gasteiger partial charge on any atom is -0.336 e. The van der Waals surface area contributed by atoms with E-state index in [4.69, 9.17) is 0 Å². The maximum absolute atomic E-state index is 12.6. The van der Waals surface area contributed by atoms with Crippen LogP contribution in [0.1, 0.15) is 43.6 Å². The number of hydrogen-bond donors (Lipinski definition) is 0. The summed E-state index contributed by atoms with van der Waals surface area (Å²) in [6.45, 7) is 4.93. The molecular formula is C18H24N2OS. The first-order valence-electron chi connectivity index (χ1n) is 7.91. The molecule has 22 heavy (non-hydrogen) atoms. The minimum absolute atomic E-state index is 0.253. The van der Waals surface area contributed by atoms with Crippen LogP contribution in [0.3, 0.4) is 0 Å². The van der Waals surface area contributed by atoms with Gasteiger partial charge in [0.2, 0.25) is 5.91 Å². The molecule has 0 aliphatic heterocycles. The summed E-state index contributed by atoms with van der Waals surface area (Å²) in [7, 11) is 0. The zero-order valence-electron chi connectivity index (χ0n) is 13.4. The van der Waals surface area contributed by atoms with Crippen LogP contribution in [0.25, 0.3) is 0 Å². The van der Waals surface area contributed by atoms with Crippen molar-refractivity contribution in [3.63, 3.8) is 0 Å². The second-order valence-corrected chi connectivity index (χ2v) is 6.60. The van der Waals surface area contributed by atoms with Crippen molar-refractivity contribution >= 4 is 17.2 Å². The molecule has 1 amide bonds. The van der Waals surface area contributed by atoms with Crippen LogP contribution in [-0.2, 0) is 17.8 Å². The Labute approximate surface area is 137 Å². The monoisotopic (exact) mass is 316 g/mol. The molecule has 2 heterocycles. The lowest BCUT2D eigenvalue weighted by Crippen LogP contribution is -2.37. The Hall–Kier alpha value is -1.68. The van der Waals surface area contributed by atoms with E-state index >= 15 is 0 Å². The van der Waals surface area contributed by atoms with Crippen molar-refractivity contribution in [1.82, 2.24) is 9.88 Å². The molecule has 0 radical (unpaired) electrons. The molecule has 1 atom stereocenters. The quantitative estimate of drug-likeness (QED) is 0.728. The number of pyridine rings is 1. The lowest BCUT2D eigenvalue weighted by atomic mass is 10.1. The van der Waals surface area contributed by atoms with Gasteiger partial charge in [-0.25, -0.2) is 0 Å². The van der Waals surface area contributed by atoms with Crippen LogP contribution < -0.4 is 0 Å². The largest absolute Gasteiger partial charge is 0.336 e. The second-order valence-electron chi connectivity index (χ2n) is 5.57. The Balaban J connectivity index is 1.91. The van der Waals surface area contributed by atoms with Crippen LogP contribution in [0.2, 0.25) is 0 Å². The number of thiophene rings is 1. The first kappa shape index (κ1) is 16.7. The van der Waals surface area contributed by atoms with Gasteiger partial charge in [-0.15, -0.1) is 11.3 Å². The molecular weight excluding hydrogens is 292 g/mol. The van der Waals surface area contributed by atoms with Crippen LogP contribution in [0.4, 0.5) is 0 Å². The van der Waals surface area contributed by atoms with Gasteiger partial charge in [-0.2, -0.15) is 0 Å². The van der Waals surface area contributed by atoms with Crippen molar-refractivity contribution in [1.29, 1.82) is 0 Å². The third kappa shape index (κ3) is 4.95. The van der Waals surface area contributed by atoms with Gasteiger partial charge in [-0.3, -0.25) is 9.78 Å². The minimum atomic E-state index is 0.253. The van der Waals surface area contributed by atoms with Gasteiger partial charge in [0.15, 0.2) is 0 Å². The van der Waals surface area contributed by atoms with Crippen molar-refractivity contribution in [2.45, 2.75) is 52.1 Å². The third-order valence-electron chi connectivity index (χ3n) is 3.94. The molecule has 118 valence electrons. The van der Waals surface area contributed by atoms with Crippen LogP contribution in [0, 0.1) is 0 Å². The van der Waals surface area contributed by atoms with Crippen molar-refractivity contribution in [2.24, 2.45) is 0 Å². The maximum Gasteiger partial charge on any atom is 0.223 e. The Morgan fingerprint density at radius 1 is 1.32 bits per heavy atom. The number of aryl methyl sites for hydroxylation is 1. The summed E-state index contributed by atoms with van der Waals surface area (Å²) >= 11 is 1.76. The lowest BCUT2D eigenvalue weighted by molar-refractivity contribution is -0.134. The van der Waals surface area contributed by atoms with Crippen LogP contribution in [-0.4, -0.2) is 21.8 Å². The van der Waals surface area contributed by atoms with E-state index in [1.54, 1.807) is 23.7 Å². The average molecular weight is 316 g/mol. The molecule has 0 N–H and O–H groups in total. The molecule has 2 aromatic rings. The van der Waals surface area contributed by atoms with Gasteiger partial charge in [0.1, 0.15) is 0 Å². The number of nitrogens with zero attached hydrogens (tertiary/aromatic N) is 2. The zero-order chi connectivity index (χ0) is 15.8. The topological polar surface area (TPSA) is 33.2 Å². The summed E-state index contributed by atoms with van der Waals surface area (Å²) in [5.41, 5.74) is 1.14. The lowest BCUT2D eigenvalue weighted by Gasteiger charge is -2.29. The van der Waals surface area contributed by atoms with E-state index in [0.717, 1.165) is 24.8 Å². The zero-order valence-corrected chi connectivity index (χ0v) is 14.2. The first-order chi connectivity index (χ1) is 10.7. The van der Waals surface area contributed by atoms with Crippen molar-refractivity contribution < 1.29 is 4.79 Å². The highest BCUT2D eigenvalue weighted by atomic mass is 32.1. The number of amides is 1. The van der Waals surface area contributed by atoms with Gasteiger partial charge in [-0.1, -0.05) is 13.0 Å². The molecule has 0 aliphatic carbocycles. The summed E-state index contributed by atoms with van der Waals surface area (Å²) in [5, 5.41) is 2.09. The van der Waals surface area contributed by atoms with E-state index in [2.05, 4.69) is 36.3 Å². The van der Waals surface area contributed by atoms with E-state index in [-0.39, 0.29) is 11.9 Å². The Kier molecular flexibility index (Phi) is 6.59. The molecule has 3 nitrogen and oxygen atoms in total. The number of rotatable bonds is 8. The predicted molar refractivity (Wildman–Crippen MR) is 91.8 cm³/mol. The summed E-state index contributed by atoms with van der Waals surface area (Å²) < 4.78 is 0. The van der Waals surface area contributed by atoms with E-state index < -0.39 is 0 Å². The fraction of sp³-hybridized carbons (Fsp3) is 0.444. The third-order valence-corrected chi connectivity index (χ3v) is 4.88. The highest BCUT2D eigenvalue weighted by Crippen LogP contribution is 2.16. The number of aromatic nitrogens is 1. The SMILES string of the molecule is CCC(C)N(Cc1ccncc1)C(=O)CCCc1cccs1. The molecule has 2 aromatic heterocycles. The summed E-state index contributed by atoms with van der Waals surface area (Å²) in [4.78, 5) is 20.0. The van der Waals surface area contributed by atoms with E-state index in [9.17, 15) is 4.79 Å². The Bertz CT molecular complexity index is 554. The fourth-order valence-electron chi connectivity index (χ4n) is 2.41. The van der Waals surface area contributed by atoms with Gasteiger partial charge in [-0.05, 0) is 55.3 Å². The van der Waals surface area contributed by atoms with E-state index in [0.29, 0.717) is 13.0 Å². The van der Waals surface area contributed by atoms with Crippen molar-refractivity contribution in [3.05, 3.63) is 52.5 Å². The van der Waals surface area contributed by atoms with Gasteiger partial charge >= 0.3 is 0 Å². The van der Waals surface area contributed by atoms with Crippen LogP contribution in [0.15, 0.2) is 42.0 Å². The van der Waals surface area contributed by atoms with E-state index in [1.807, 2.05) is 17.0 Å². The highest BCUT2D eigenvalue weighted by Gasteiger charge is 2.18. The predicted octanol–water partition coefficient (Wildman–Crippen LogP) is 4.29. The van der Waals surface area contributed by atoms with E-state index in [1.165, 1.54) is 4.88 Å². The highest BCUT2D eigenvalue weighted by molar-refractivity contribution is 7.09. The summed E-state index contributed by atoms with van der Waals surface area (Å²) in [6.07, 6.45) is 7.07. The molecule has 0 saturated heterocycles. The molecule has 0 saturated carbocycles. The van der Waals surface area contributed by atoms with Gasteiger partial charge in [0.05, 0.1) is 0 Å². The molecule has 0 aliphatic rings.